The summed E-state index contributed by atoms with van der Waals surface area (Å²) in [4.78, 5) is 1.59. The van der Waals surface area contributed by atoms with E-state index in [1.165, 1.54) is 0 Å². The van der Waals surface area contributed by atoms with Gasteiger partial charge in [0.1, 0.15) is 0 Å². The van der Waals surface area contributed by atoms with Crippen molar-refractivity contribution in [2.75, 3.05) is 5.73 Å². The van der Waals surface area contributed by atoms with Crippen molar-refractivity contribution in [2.24, 2.45) is 0 Å². The summed E-state index contributed by atoms with van der Waals surface area (Å²) in [5, 5.41) is 7.93. The zero-order valence-corrected chi connectivity index (χ0v) is 6.57. The average molecular weight is 152 g/mol. The highest BCUT2D eigenvalue weighted by atomic mass is 15.5. The van der Waals surface area contributed by atoms with Gasteiger partial charge in [-0.25, -0.2) is 0 Å². The Morgan fingerprint density at radius 1 is 1.91 bits per heavy atom. The Labute approximate surface area is 65.7 Å². The maximum atomic E-state index is 5.39. The largest absolute Gasteiger partial charge is 0.381 e. The molecule has 0 aromatic carbocycles. The Morgan fingerprint density at radius 3 is 3.09 bits per heavy atom. The first kappa shape index (κ1) is 7.78. The molecule has 0 radical (unpaired) electrons. The summed E-state index contributed by atoms with van der Waals surface area (Å²) in [5.41, 5.74) is 5.39. The number of nitrogen functional groups attached to an aromatic ring is 1. The topological polar surface area (TPSA) is 56.7 Å². The van der Waals surface area contributed by atoms with Gasteiger partial charge in [-0.05, 0) is 13.3 Å². The van der Waals surface area contributed by atoms with Gasteiger partial charge in [0.25, 0.3) is 0 Å². The molecule has 0 aliphatic heterocycles. The van der Waals surface area contributed by atoms with Gasteiger partial charge >= 0.3 is 0 Å². The number of hydrogen-bond acceptors (Lipinski definition) is 3. The van der Waals surface area contributed by atoms with Gasteiger partial charge < -0.3 is 5.73 Å². The van der Waals surface area contributed by atoms with Crippen molar-refractivity contribution in [1.82, 2.24) is 15.0 Å². The van der Waals surface area contributed by atoms with Crippen molar-refractivity contribution in [3.05, 3.63) is 18.9 Å². The molecule has 1 atom stereocenters. The minimum absolute atomic E-state index is 0.241. The van der Waals surface area contributed by atoms with Crippen LogP contribution in [0.1, 0.15) is 19.4 Å². The average Bonchev–Trinajstić information content (AvgIpc) is 2.36. The number of allylic oxidation sites excluding steroid dienone is 1. The quantitative estimate of drug-likeness (QED) is 0.657. The van der Waals surface area contributed by atoms with E-state index < -0.39 is 0 Å². The van der Waals surface area contributed by atoms with E-state index >= 15 is 0 Å². The molecule has 11 heavy (non-hydrogen) atoms. The van der Waals surface area contributed by atoms with Crippen molar-refractivity contribution < 1.29 is 0 Å². The van der Waals surface area contributed by atoms with Crippen molar-refractivity contribution >= 4 is 5.82 Å². The van der Waals surface area contributed by atoms with Gasteiger partial charge in [0.05, 0.1) is 12.2 Å². The maximum Gasteiger partial charge on any atom is 0.165 e. The van der Waals surface area contributed by atoms with E-state index in [4.69, 9.17) is 5.73 Å². The minimum Gasteiger partial charge on any atom is -0.381 e. The fourth-order valence-electron chi connectivity index (χ4n) is 0.836. The molecular formula is C7H12N4. The predicted molar refractivity (Wildman–Crippen MR) is 44.0 cm³/mol. The SMILES string of the molecule is C=CCC(C)n1ncc(N)n1. The lowest BCUT2D eigenvalue weighted by Gasteiger charge is -2.05. The lowest BCUT2D eigenvalue weighted by Crippen LogP contribution is -2.07. The lowest BCUT2D eigenvalue weighted by molar-refractivity contribution is 0.439. The molecule has 0 saturated heterocycles. The molecule has 0 spiro atoms. The van der Waals surface area contributed by atoms with Crippen molar-refractivity contribution in [2.45, 2.75) is 19.4 Å². The molecule has 4 heteroatoms. The summed E-state index contributed by atoms with van der Waals surface area (Å²) >= 11 is 0. The summed E-state index contributed by atoms with van der Waals surface area (Å²) in [6, 6.07) is 0.241. The van der Waals surface area contributed by atoms with Gasteiger partial charge in [-0.2, -0.15) is 9.90 Å². The van der Waals surface area contributed by atoms with Gasteiger partial charge in [-0.15, -0.1) is 11.7 Å². The summed E-state index contributed by atoms with van der Waals surface area (Å²) in [6.07, 6.45) is 4.23. The summed E-state index contributed by atoms with van der Waals surface area (Å²) in [7, 11) is 0. The maximum absolute atomic E-state index is 5.39. The van der Waals surface area contributed by atoms with Crippen LogP contribution in [0.5, 0.6) is 0 Å². The monoisotopic (exact) mass is 152 g/mol. The molecule has 1 aromatic rings. The molecule has 1 aromatic heterocycles. The third kappa shape index (κ3) is 1.80. The van der Waals surface area contributed by atoms with E-state index in [0.717, 1.165) is 6.42 Å². The van der Waals surface area contributed by atoms with Gasteiger partial charge in [0.2, 0.25) is 0 Å². The fourth-order valence-corrected chi connectivity index (χ4v) is 0.836. The van der Waals surface area contributed by atoms with E-state index in [-0.39, 0.29) is 6.04 Å². The van der Waals surface area contributed by atoms with Crippen LogP contribution < -0.4 is 5.73 Å². The minimum atomic E-state index is 0.241. The van der Waals surface area contributed by atoms with E-state index in [1.54, 1.807) is 11.0 Å². The molecule has 60 valence electrons. The summed E-state index contributed by atoms with van der Waals surface area (Å²) in [5.74, 6) is 0.459. The van der Waals surface area contributed by atoms with Gasteiger partial charge in [-0.3, -0.25) is 0 Å². The second kappa shape index (κ2) is 3.18. The van der Waals surface area contributed by atoms with Gasteiger partial charge in [0, 0.05) is 0 Å². The molecule has 1 unspecified atom stereocenters. The Morgan fingerprint density at radius 2 is 2.64 bits per heavy atom. The molecule has 0 aliphatic carbocycles. The van der Waals surface area contributed by atoms with Crippen LogP contribution in [0.3, 0.4) is 0 Å². The van der Waals surface area contributed by atoms with Crippen LogP contribution in [0.25, 0.3) is 0 Å². The normalized spacial score (nSPS) is 12.8. The molecule has 0 fully saturated rings. The highest BCUT2D eigenvalue weighted by Crippen LogP contribution is 2.07. The Kier molecular flexibility index (Phi) is 2.25. The molecule has 4 nitrogen and oxygen atoms in total. The first-order valence-corrected chi connectivity index (χ1v) is 3.52. The van der Waals surface area contributed by atoms with E-state index in [9.17, 15) is 0 Å². The second-order valence-corrected chi connectivity index (χ2v) is 2.46. The molecule has 1 rings (SSSR count). The van der Waals surface area contributed by atoms with Crippen LogP contribution in [-0.4, -0.2) is 15.0 Å². The van der Waals surface area contributed by atoms with Crippen molar-refractivity contribution in [3.63, 3.8) is 0 Å². The molecule has 0 amide bonds. The predicted octanol–water partition coefficient (Wildman–Crippen LogP) is 0.997. The summed E-state index contributed by atoms with van der Waals surface area (Å²) in [6.45, 7) is 5.65. The highest BCUT2D eigenvalue weighted by molar-refractivity contribution is 5.19. The number of nitrogens with zero attached hydrogens (tertiary/aromatic N) is 3. The van der Waals surface area contributed by atoms with E-state index in [0.29, 0.717) is 5.82 Å². The Balaban J connectivity index is 2.67. The van der Waals surface area contributed by atoms with Crippen LogP contribution in [0.15, 0.2) is 18.9 Å². The van der Waals surface area contributed by atoms with Crippen molar-refractivity contribution in [3.8, 4) is 0 Å². The molecule has 2 N–H and O–H groups in total. The number of nitrogens with two attached hydrogens (primary N) is 1. The van der Waals surface area contributed by atoms with E-state index in [2.05, 4.69) is 16.8 Å². The zero-order chi connectivity index (χ0) is 8.27. The van der Waals surface area contributed by atoms with Crippen LogP contribution in [0, 0.1) is 0 Å². The molecule has 0 saturated carbocycles. The molecule has 0 aliphatic rings. The van der Waals surface area contributed by atoms with Crippen molar-refractivity contribution in [1.29, 1.82) is 0 Å². The number of rotatable bonds is 3. The third-order valence-corrected chi connectivity index (χ3v) is 1.43. The second-order valence-electron chi connectivity index (χ2n) is 2.46. The first-order valence-electron chi connectivity index (χ1n) is 3.52. The summed E-state index contributed by atoms with van der Waals surface area (Å²) < 4.78 is 0. The zero-order valence-electron chi connectivity index (χ0n) is 6.57. The number of aromatic nitrogens is 3. The number of hydrogen-bond donors (Lipinski definition) is 1. The molecular weight excluding hydrogens is 140 g/mol. The smallest absolute Gasteiger partial charge is 0.165 e. The molecule has 1 heterocycles. The molecule has 0 bridgehead atoms. The standard InChI is InChI=1S/C7H12N4/c1-3-4-6(2)11-9-5-7(8)10-11/h3,5-6H,1,4H2,2H3,(H2,8,10). The Bertz CT molecular complexity index is 240. The van der Waals surface area contributed by atoms with Gasteiger partial charge in [-0.1, -0.05) is 6.08 Å². The Hall–Kier alpha value is -1.32. The fraction of sp³-hybridized carbons (Fsp3) is 0.429. The van der Waals surface area contributed by atoms with Crippen LogP contribution in [0.4, 0.5) is 5.82 Å². The highest BCUT2D eigenvalue weighted by Gasteiger charge is 2.03. The first-order chi connectivity index (χ1) is 5.24. The van der Waals surface area contributed by atoms with Crippen LogP contribution >= 0.6 is 0 Å². The number of anilines is 1. The lowest BCUT2D eigenvalue weighted by atomic mass is 10.2. The third-order valence-electron chi connectivity index (χ3n) is 1.43. The van der Waals surface area contributed by atoms with E-state index in [1.807, 2.05) is 13.0 Å². The van der Waals surface area contributed by atoms with Crippen LogP contribution in [-0.2, 0) is 0 Å². The van der Waals surface area contributed by atoms with Gasteiger partial charge in [0.15, 0.2) is 5.82 Å². The van der Waals surface area contributed by atoms with Crippen LogP contribution in [0.2, 0.25) is 0 Å².